The third-order valence-electron chi connectivity index (χ3n) is 6.46. The van der Waals surface area contributed by atoms with Crippen molar-refractivity contribution >= 4 is 27.6 Å². The van der Waals surface area contributed by atoms with Crippen molar-refractivity contribution < 1.29 is 9.53 Å². The number of aromatic nitrogens is 2. The predicted molar refractivity (Wildman–Crippen MR) is 142 cm³/mol. The van der Waals surface area contributed by atoms with Gasteiger partial charge in [-0.1, -0.05) is 36.4 Å². The van der Waals surface area contributed by atoms with Gasteiger partial charge in [-0.05, 0) is 71.8 Å². The molecule has 3 aromatic carbocycles. The van der Waals surface area contributed by atoms with Crippen LogP contribution in [0.5, 0.6) is 5.75 Å². The van der Waals surface area contributed by atoms with Gasteiger partial charge in [0.05, 0.1) is 13.5 Å². The molecule has 5 rings (SSSR count). The van der Waals surface area contributed by atoms with E-state index in [0.717, 1.165) is 38.7 Å². The lowest BCUT2D eigenvalue weighted by molar-refractivity contribution is -0.120. The maximum atomic E-state index is 12.9. The second kappa shape index (κ2) is 9.63. The van der Waals surface area contributed by atoms with Crippen LogP contribution in [0.1, 0.15) is 31.0 Å². The molecule has 0 bridgehead atoms. The topological polar surface area (TPSA) is 56.1 Å². The minimum Gasteiger partial charge on any atom is -0.497 e. The van der Waals surface area contributed by atoms with Crippen LogP contribution in [0.15, 0.2) is 85.3 Å². The molecule has 1 amide bonds. The van der Waals surface area contributed by atoms with Crippen molar-refractivity contribution in [2.24, 2.45) is 0 Å². The fourth-order valence-corrected chi connectivity index (χ4v) is 4.61. The van der Waals surface area contributed by atoms with Crippen LogP contribution in [0.3, 0.4) is 0 Å². The number of methoxy groups -OCH3 is 1. The second-order valence-electron chi connectivity index (χ2n) is 9.09. The van der Waals surface area contributed by atoms with Crippen LogP contribution in [0.2, 0.25) is 0 Å². The van der Waals surface area contributed by atoms with E-state index in [9.17, 15) is 4.79 Å². The zero-order valence-corrected chi connectivity index (χ0v) is 20.3. The summed E-state index contributed by atoms with van der Waals surface area (Å²) in [4.78, 5) is 17.2. The summed E-state index contributed by atoms with van der Waals surface area (Å²) < 4.78 is 7.46. The highest BCUT2D eigenvalue weighted by Crippen LogP contribution is 2.33. The summed E-state index contributed by atoms with van der Waals surface area (Å²) in [6, 6.07) is 22.9. The number of hydrogen-bond acceptors (Lipinski definition) is 3. The van der Waals surface area contributed by atoms with Crippen LogP contribution in [0.25, 0.3) is 32.8 Å². The molecule has 0 aliphatic heterocycles. The first kappa shape index (κ1) is 22.7. The Morgan fingerprint density at radius 1 is 1.03 bits per heavy atom. The molecule has 5 aromatic rings. The highest BCUT2D eigenvalue weighted by atomic mass is 16.5. The van der Waals surface area contributed by atoms with Crippen molar-refractivity contribution in [3.05, 3.63) is 96.4 Å². The number of amides is 1. The molecule has 176 valence electrons. The minimum absolute atomic E-state index is 0.00487. The number of carbonyl (C=O) groups is 1. The number of hydrogen-bond donors (Lipinski definition) is 1. The van der Waals surface area contributed by atoms with Crippen molar-refractivity contribution in [1.82, 2.24) is 14.9 Å². The van der Waals surface area contributed by atoms with Gasteiger partial charge < -0.3 is 14.6 Å². The van der Waals surface area contributed by atoms with E-state index in [4.69, 9.17) is 4.74 Å². The number of ether oxygens (including phenoxy) is 1. The van der Waals surface area contributed by atoms with Crippen molar-refractivity contribution in [3.8, 4) is 16.9 Å². The standard InChI is InChI=1S/C30H29N3O2/c1-20(2)33-19-24(16-30(34)32-17-21-7-10-25(35-3)11-8-21)28-15-22(9-12-29(28)33)26-6-4-5-23-18-31-14-13-27(23)26/h4-15,18-20H,16-17H2,1-3H3,(H,32,34). The Morgan fingerprint density at radius 2 is 1.86 bits per heavy atom. The van der Waals surface area contributed by atoms with Crippen LogP contribution in [-0.4, -0.2) is 22.6 Å². The Bertz CT molecular complexity index is 1490. The molecular weight excluding hydrogens is 434 g/mol. The lowest BCUT2D eigenvalue weighted by atomic mass is 9.97. The van der Waals surface area contributed by atoms with Crippen LogP contribution in [-0.2, 0) is 17.8 Å². The van der Waals surface area contributed by atoms with Gasteiger partial charge in [-0.25, -0.2) is 0 Å². The molecule has 0 saturated carbocycles. The van der Waals surface area contributed by atoms with Gasteiger partial charge in [-0.15, -0.1) is 0 Å². The number of carbonyl (C=O) groups excluding carboxylic acids is 1. The van der Waals surface area contributed by atoms with Crippen LogP contribution in [0, 0.1) is 0 Å². The maximum Gasteiger partial charge on any atom is 0.224 e. The third-order valence-corrected chi connectivity index (χ3v) is 6.46. The highest BCUT2D eigenvalue weighted by Gasteiger charge is 2.15. The number of nitrogens with one attached hydrogen (secondary N) is 1. The number of nitrogens with zero attached hydrogens (tertiary/aromatic N) is 2. The van der Waals surface area contributed by atoms with Crippen molar-refractivity contribution in [1.29, 1.82) is 0 Å². The zero-order valence-electron chi connectivity index (χ0n) is 20.3. The van der Waals surface area contributed by atoms with E-state index in [1.165, 1.54) is 10.9 Å². The summed E-state index contributed by atoms with van der Waals surface area (Å²) in [5.74, 6) is 0.810. The molecule has 2 heterocycles. The van der Waals surface area contributed by atoms with Crippen LogP contribution >= 0.6 is 0 Å². The normalized spacial score (nSPS) is 11.3. The van der Waals surface area contributed by atoms with E-state index in [1.807, 2.05) is 36.7 Å². The summed E-state index contributed by atoms with van der Waals surface area (Å²) in [6.07, 6.45) is 6.18. The number of pyridine rings is 1. The monoisotopic (exact) mass is 463 g/mol. The summed E-state index contributed by atoms with van der Waals surface area (Å²) in [6.45, 7) is 4.82. The van der Waals surface area contributed by atoms with E-state index in [-0.39, 0.29) is 5.91 Å². The molecule has 35 heavy (non-hydrogen) atoms. The molecule has 1 N–H and O–H groups in total. The average Bonchev–Trinajstić information content (AvgIpc) is 3.25. The molecule has 0 spiro atoms. The molecule has 0 aliphatic rings. The van der Waals surface area contributed by atoms with Gasteiger partial charge >= 0.3 is 0 Å². The molecular formula is C30H29N3O2. The van der Waals surface area contributed by atoms with E-state index >= 15 is 0 Å². The fourth-order valence-electron chi connectivity index (χ4n) is 4.61. The molecule has 0 aliphatic carbocycles. The van der Waals surface area contributed by atoms with Gasteiger partial charge in [0.25, 0.3) is 0 Å². The van der Waals surface area contributed by atoms with E-state index in [0.29, 0.717) is 19.0 Å². The fraction of sp³-hybridized carbons (Fsp3) is 0.200. The zero-order chi connectivity index (χ0) is 24.4. The Morgan fingerprint density at radius 3 is 2.63 bits per heavy atom. The average molecular weight is 464 g/mol. The summed E-state index contributed by atoms with van der Waals surface area (Å²) >= 11 is 0. The summed E-state index contributed by atoms with van der Waals surface area (Å²) in [7, 11) is 1.65. The van der Waals surface area contributed by atoms with Gasteiger partial charge in [-0.2, -0.15) is 0 Å². The van der Waals surface area contributed by atoms with E-state index < -0.39 is 0 Å². The first-order valence-corrected chi connectivity index (χ1v) is 11.9. The largest absolute Gasteiger partial charge is 0.497 e. The van der Waals surface area contributed by atoms with Gasteiger partial charge in [0.1, 0.15) is 5.75 Å². The van der Waals surface area contributed by atoms with Gasteiger partial charge in [-0.3, -0.25) is 9.78 Å². The van der Waals surface area contributed by atoms with Crippen molar-refractivity contribution in [2.75, 3.05) is 7.11 Å². The smallest absolute Gasteiger partial charge is 0.224 e. The molecule has 0 saturated heterocycles. The third kappa shape index (κ3) is 4.62. The molecule has 0 radical (unpaired) electrons. The second-order valence-corrected chi connectivity index (χ2v) is 9.09. The maximum absolute atomic E-state index is 12.9. The Labute approximate surface area is 205 Å². The number of fused-ring (bicyclic) bond motifs is 2. The Hall–Kier alpha value is -4.12. The molecule has 0 atom stereocenters. The minimum atomic E-state index is 0.00487. The molecule has 0 fully saturated rings. The van der Waals surface area contributed by atoms with Crippen LogP contribution in [0.4, 0.5) is 0 Å². The van der Waals surface area contributed by atoms with Crippen LogP contribution < -0.4 is 10.1 Å². The molecule has 5 heteroatoms. The molecule has 5 nitrogen and oxygen atoms in total. The number of benzene rings is 3. The summed E-state index contributed by atoms with van der Waals surface area (Å²) in [5, 5.41) is 6.46. The van der Waals surface area contributed by atoms with Crippen molar-refractivity contribution in [2.45, 2.75) is 32.9 Å². The lowest BCUT2D eigenvalue weighted by Crippen LogP contribution is -2.24. The number of rotatable bonds is 7. The molecule has 0 unspecified atom stereocenters. The SMILES string of the molecule is COc1ccc(CNC(=O)Cc2cn(C(C)C)c3ccc(-c4cccc5cnccc45)cc23)cc1. The molecule has 2 aromatic heterocycles. The van der Waals surface area contributed by atoms with Gasteiger partial charge in [0.2, 0.25) is 5.91 Å². The highest BCUT2D eigenvalue weighted by molar-refractivity contribution is 5.99. The van der Waals surface area contributed by atoms with E-state index in [2.05, 4.69) is 77.4 Å². The Balaban J connectivity index is 1.45. The predicted octanol–water partition coefficient (Wildman–Crippen LogP) is 6.30. The first-order chi connectivity index (χ1) is 17.0. The quantitative estimate of drug-likeness (QED) is 0.308. The Kier molecular flexibility index (Phi) is 6.23. The first-order valence-electron chi connectivity index (χ1n) is 11.9. The van der Waals surface area contributed by atoms with Gasteiger partial charge in [0.15, 0.2) is 0 Å². The summed E-state index contributed by atoms with van der Waals surface area (Å²) in [5.41, 5.74) is 5.51. The van der Waals surface area contributed by atoms with E-state index in [1.54, 1.807) is 7.11 Å². The van der Waals surface area contributed by atoms with Gasteiger partial charge in [0, 0.05) is 47.5 Å². The lowest BCUT2D eigenvalue weighted by Gasteiger charge is -2.10. The van der Waals surface area contributed by atoms with Crippen molar-refractivity contribution in [3.63, 3.8) is 0 Å².